The summed E-state index contributed by atoms with van der Waals surface area (Å²) in [5.74, 6) is 0. The minimum absolute atomic E-state index is 0.568. The minimum Gasteiger partial charge on any atom is -0.385 e. The fraction of sp³-hybridized carbons (Fsp3) is 0.300. The first-order valence-corrected chi connectivity index (χ1v) is 4.92. The zero-order valence-electron chi connectivity index (χ0n) is 7.82. The lowest BCUT2D eigenvalue weighted by atomic mass is 10.1. The summed E-state index contributed by atoms with van der Waals surface area (Å²) in [6, 6.07) is 0. The molecule has 1 atom stereocenters. The van der Waals surface area contributed by atoms with E-state index >= 15 is 0 Å². The van der Waals surface area contributed by atoms with Gasteiger partial charge in [-0.3, -0.25) is 0 Å². The summed E-state index contributed by atoms with van der Waals surface area (Å²) in [5.41, 5.74) is 1.77. The molecule has 0 saturated heterocycles. The molecule has 0 unspecified atom stereocenters. The smallest absolute Gasteiger partial charge is 0.0930 e. The quantitative estimate of drug-likeness (QED) is 0.751. The van der Waals surface area contributed by atoms with Crippen LogP contribution >= 0.6 is 11.3 Å². The molecule has 0 spiro atoms. The Morgan fingerprint density at radius 2 is 2.46 bits per heavy atom. The molecular weight excluding hydrogens is 182 g/mol. The highest BCUT2D eigenvalue weighted by Gasteiger charge is 2.01. The SMILES string of the molecule is C=C[C@@H](O)/C(C)=C/c1csc(C)n1. The van der Waals surface area contributed by atoms with E-state index in [1.54, 1.807) is 11.3 Å². The maximum atomic E-state index is 9.38. The highest BCUT2D eigenvalue weighted by molar-refractivity contribution is 7.09. The molecule has 1 aromatic heterocycles. The maximum absolute atomic E-state index is 9.38. The predicted molar refractivity (Wildman–Crippen MR) is 56.7 cm³/mol. The van der Waals surface area contributed by atoms with Crippen molar-refractivity contribution in [3.8, 4) is 0 Å². The van der Waals surface area contributed by atoms with Crippen LogP contribution in [0.1, 0.15) is 17.6 Å². The largest absolute Gasteiger partial charge is 0.385 e. The monoisotopic (exact) mass is 195 g/mol. The second kappa shape index (κ2) is 4.35. The summed E-state index contributed by atoms with van der Waals surface area (Å²) in [7, 11) is 0. The number of rotatable bonds is 3. The van der Waals surface area contributed by atoms with Crippen LogP contribution in [0.15, 0.2) is 23.6 Å². The molecule has 0 saturated carbocycles. The zero-order chi connectivity index (χ0) is 9.84. The van der Waals surface area contributed by atoms with E-state index in [0.717, 1.165) is 16.3 Å². The van der Waals surface area contributed by atoms with Gasteiger partial charge in [0, 0.05) is 5.38 Å². The van der Waals surface area contributed by atoms with Gasteiger partial charge in [-0.1, -0.05) is 6.08 Å². The van der Waals surface area contributed by atoms with Gasteiger partial charge in [0.25, 0.3) is 0 Å². The third-order valence-electron chi connectivity index (χ3n) is 1.70. The fourth-order valence-electron chi connectivity index (χ4n) is 0.951. The van der Waals surface area contributed by atoms with E-state index in [-0.39, 0.29) is 0 Å². The van der Waals surface area contributed by atoms with Gasteiger partial charge in [-0.25, -0.2) is 4.98 Å². The molecule has 1 rings (SSSR count). The van der Waals surface area contributed by atoms with Gasteiger partial charge in [0.2, 0.25) is 0 Å². The Morgan fingerprint density at radius 3 is 2.92 bits per heavy atom. The fourth-order valence-corrected chi connectivity index (χ4v) is 1.52. The first-order chi connectivity index (χ1) is 6.13. The van der Waals surface area contributed by atoms with Crippen molar-refractivity contribution in [1.29, 1.82) is 0 Å². The van der Waals surface area contributed by atoms with Crippen LogP contribution in [0.25, 0.3) is 6.08 Å². The predicted octanol–water partition coefficient (Wildman–Crippen LogP) is 2.40. The molecule has 3 heteroatoms. The van der Waals surface area contributed by atoms with Crippen LogP contribution in [0, 0.1) is 6.92 Å². The molecule has 0 bridgehead atoms. The number of nitrogens with zero attached hydrogens (tertiary/aromatic N) is 1. The van der Waals surface area contributed by atoms with Crippen molar-refractivity contribution in [3.63, 3.8) is 0 Å². The summed E-state index contributed by atoms with van der Waals surface area (Å²) in [5, 5.41) is 12.4. The van der Waals surface area contributed by atoms with Gasteiger partial charge in [0.05, 0.1) is 16.8 Å². The Morgan fingerprint density at radius 1 is 1.77 bits per heavy atom. The van der Waals surface area contributed by atoms with Crippen molar-refractivity contribution in [2.45, 2.75) is 20.0 Å². The van der Waals surface area contributed by atoms with E-state index in [1.807, 2.05) is 25.3 Å². The number of aryl methyl sites for hydroxylation is 1. The molecule has 0 aliphatic rings. The highest BCUT2D eigenvalue weighted by atomic mass is 32.1. The van der Waals surface area contributed by atoms with Gasteiger partial charge in [0.15, 0.2) is 0 Å². The first-order valence-electron chi connectivity index (χ1n) is 4.04. The van der Waals surface area contributed by atoms with Crippen molar-refractivity contribution in [3.05, 3.63) is 34.3 Å². The molecule has 0 aliphatic carbocycles. The standard InChI is InChI=1S/C10H13NOS/c1-4-10(12)7(2)5-9-6-13-8(3)11-9/h4-6,10,12H,1H2,2-3H3/b7-5+/t10-/m1/s1. The highest BCUT2D eigenvalue weighted by Crippen LogP contribution is 2.13. The van der Waals surface area contributed by atoms with Crippen LogP contribution in [-0.2, 0) is 0 Å². The van der Waals surface area contributed by atoms with Gasteiger partial charge in [-0.2, -0.15) is 0 Å². The third kappa shape index (κ3) is 2.79. The molecule has 0 aliphatic heterocycles. The minimum atomic E-state index is -0.568. The van der Waals surface area contributed by atoms with Crippen molar-refractivity contribution in [1.82, 2.24) is 4.98 Å². The van der Waals surface area contributed by atoms with Gasteiger partial charge < -0.3 is 5.11 Å². The Kier molecular flexibility index (Phi) is 3.39. The van der Waals surface area contributed by atoms with Crippen molar-refractivity contribution >= 4 is 17.4 Å². The number of aliphatic hydroxyl groups is 1. The Hall–Kier alpha value is -0.930. The van der Waals surface area contributed by atoms with Crippen LogP contribution in [-0.4, -0.2) is 16.2 Å². The van der Waals surface area contributed by atoms with Crippen molar-refractivity contribution < 1.29 is 5.11 Å². The number of hydrogen-bond acceptors (Lipinski definition) is 3. The summed E-state index contributed by atoms with van der Waals surface area (Å²) in [6.07, 6.45) is 2.81. The summed E-state index contributed by atoms with van der Waals surface area (Å²) < 4.78 is 0. The average Bonchev–Trinajstić information content (AvgIpc) is 2.49. The van der Waals surface area contributed by atoms with E-state index in [4.69, 9.17) is 0 Å². The van der Waals surface area contributed by atoms with Gasteiger partial charge >= 0.3 is 0 Å². The van der Waals surface area contributed by atoms with E-state index in [9.17, 15) is 5.11 Å². The zero-order valence-corrected chi connectivity index (χ0v) is 8.64. The molecule has 1 N–H and O–H groups in total. The van der Waals surface area contributed by atoms with Crippen molar-refractivity contribution in [2.24, 2.45) is 0 Å². The molecule has 0 fully saturated rings. The molecule has 1 heterocycles. The normalized spacial score (nSPS) is 14.2. The average molecular weight is 195 g/mol. The van der Waals surface area contributed by atoms with Gasteiger partial charge in [0.1, 0.15) is 0 Å². The number of hydrogen-bond donors (Lipinski definition) is 1. The van der Waals surface area contributed by atoms with Crippen molar-refractivity contribution in [2.75, 3.05) is 0 Å². The molecule has 13 heavy (non-hydrogen) atoms. The second-order valence-corrected chi connectivity index (χ2v) is 3.92. The van der Waals surface area contributed by atoms with E-state index < -0.39 is 6.10 Å². The first kappa shape index (κ1) is 10.2. The number of thiazole rings is 1. The number of aromatic nitrogens is 1. The van der Waals surface area contributed by atoms with Gasteiger partial charge in [-0.15, -0.1) is 17.9 Å². The van der Waals surface area contributed by atoms with E-state index in [0.29, 0.717) is 0 Å². The lowest BCUT2D eigenvalue weighted by Crippen LogP contribution is -2.02. The van der Waals surface area contributed by atoms with E-state index in [2.05, 4.69) is 11.6 Å². The third-order valence-corrected chi connectivity index (χ3v) is 2.49. The molecule has 1 aromatic rings. The van der Waals surface area contributed by atoms with Crippen LogP contribution in [0.4, 0.5) is 0 Å². The Balaban J connectivity index is 2.81. The van der Waals surface area contributed by atoms with E-state index in [1.165, 1.54) is 6.08 Å². The molecule has 70 valence electrons. The van der Waals surface area contributed by atoms with Crippen LogP contribution in [0.3, 0.4) is 0 Å². The van der Waals surface area contributed by atoms with Crippen LogP contribution in [0.5, 0.6) is 0 Å². The summed E-state index contributed by atoms with van der Waals surface area (Å²) in [6.45, 7) is 7.34. The maximum Gasteiger partial charge on any atom is 0.0930 e. The van der Waals surface area contributed by atoms with Gasteiger partial charge in [-0.05, 0) is 25.5 Å². The summed E-state index contributed by atoms with van der Waals surface area (Å²) >= 11 is 1.60. The Bertz CT molecular complexity index is 327. The molecule has 0 radical (unpaired) electrons. The van der Waals surface area contributed by atoms with Crippen LogP contribution in [0.2, 0.25) is 0 Å². The molecule has 0 amide bonds. The lowest BCUT2D eigenvalue weighted by Gasteiger charge is -2.03. The van der Waals surface area contributed by atoms with Crippen LogP contribution < -0.4 is 0 Å². The second-order valence-electron chi connectivity index (χ2n) is 2.86. The molecular formula is C10H13NOS. The molecule has 2 nitrogen and oxygen atoms in total. The lowest BCUT2D eigenvalue weighted by molar-refractivity contribution is 0.261. The molecule has 0 aromatic carbocycles. The topological polar surface area (TPSA) is 33.1 Å². The number of aliphatic hydroxyl groups excluding tert-OH is 1. The summed E-state index contributed by atoms with van der Waals surface area (Å²) in [4.78, 5) is 4.26. The Labute approximate surface area is 82.3 Å².